The van der Waals surface area contributed by atoms with E-state index in [1.165, 1.54) is 38.5 Å². The lowest BCUT2D eigenvalue weighted by molar-refractivity contribution is -0.0681. The standard InChI is InChI=1S/C16H26N2O/c1-3-4-17-15(19)18-11(2)16-8-12-5-13(9-16)7-14(6-12)10-16/h3-4,11-14H,5-10H2,1-2H3,(H2,17,18,19)/b4-3+. The molecule has 19 heavy (non-hydrogen) atoms. The molecular formula is C16H26N2O. The quantitative estimate of drug-likeness (QED) is 0.804. The summed E-state index contributed by atoms with van der Waals surface area (Å²) < 4.78 is 0. The third kappa shape index (κ3) is 2.39. The average molecular weight is 262 g/mol. The SMILES string of the molecule is C/C=C/NC(=O)NC(C)C12CC3CC(CC(C3)C1)C2. The smallest absolute Gasteiger partial charge is 0.318 e. The second-order valence-corrected chi connectivity index (χ2v) is 7.12. The fraction of sp³-hybridized carbons (Fsp3) is 0.812. The number of urea groups is 1. The Labute approximate surface area is 116 Å². The van der Waals surface area contributed by atoms with E-state index in [1.54, 1.807) is 6.20 Å². The number of nitrogens with one attached hydrogen (secondary N) is 2. The minimum absolute atomic E-state index is 0.0543. The zero-order valence-electron chi connectivity index (χ0n) is 12.1. The molecule has 3 nitrogen and oxygen atoms in total. The van der Waals surface area contributed by atoms with Crippen LogP contribution in [0, 0.1) is 23.2 Å². The van der Waals surface area contributed by atoms with Crippen LogP contribution < -0.4 is 10.6 Å². The minimum atomic E-state index is -0.0543. The summed E-state index contributed by atoms with van der Waals surface area (Å²) in [6.07, 6.45) is 11.9. The maximum atomic E-state index is 11.8. The zero-order chi connectivity index (χ0) is 13.5. The second kappa shape index (κ2) is 4.84. The molecule has 4 bridgehead atoms. The van der Waals surface area contributed by atoms with Gasteiger partial charge in [0.1, 0.15) is 0 Å². The summed E-state index contributed by atoms with van der Waals surface area (Å²) in [7, 11) is 0. The molecule has 0 aromatic rings. The number of hydrogen-bond acceptors (Lipinski definition) is 1. The molecule has 4 fully saturated rings. The monoisotopic (exact) mass is 262 g/mol. The van der Waals surface area contributed by atoms with Gasteiger partial charge in [0.05, 0.1) is 0 Å². The molecule has 2 N–H and O–H groups in total. The third-order valence-corrected chi connectivity index (χ3v) is 5.73. The number of hydrogen-bond donors (Lipinski definition) is 2. The molecule has 0 aromatic carbocycles. The summed E-state index contributed by atoms with van der Waals surface area (Å²) in [5.41, 5.74) is 0.391. The van der Waals surface area contributed by atoms with Crippen molar-refractivity contribution in [3.05, 3.63) is 12.3 Å². The molecule has 1 unspecified atom stereocenters. The highest BCUT2D eigenvalue weighted by atomic mass is 16.2. The van der Waals surface area contributed by atoms with Crippen molar-refractivity contribution in [1.82, 2.24) is 10.6 Å². The Morgan fingerprint density at radius 2 is 1.68 bits per heavy atom. The van der Waals surface area contributed by atoms with Crippen LogP contribution in [0.4, 0.5) is 4.79 Å². The molecule has 4 aliphatic rings. The summed E-state index contributed by atoms with van der Waals surface area (Å²) in [6, 6.07) is 0.243. The molecule has 0 aliphatic heterocycles. The van der Waals surface area contributed by atoms with Gasteiger partial charge >= 0.3 is 6.03 Å². The molecule has 0 radical (unpaired) electrons. The van der Waals surface area contributed by atoms with Crippen LogP contribution in [0.5, 0.6) is 0 Å². The fourth-order valence-corrected chi connectivity index (χ4v) is 5.26. The van der Waals surface area contributed by atoms with Crippen molar-refractivity contribution in [1.29, 1.82) is 0 Å². The normalized spacial score (nSPS) is 41.5. The molecular weight excluding hydrogens is 236 g/mol. The van der Waals surface area contributed by atoms with Crippen molar-refractivity contribution in [3.63, 3.8) is 0 Å². The van der Waals surface area contributed by atoms with Gasteiger partial charge < -0.3 is 10.6 Å². The van der Waals surface area contributed by atoms with Crippen molar-refractivity contribution in [2.45, 2.75) is 58.4 Å². The molecule has 3 heteroatoms. The van der Waals surface area contributed by atoms with Gasteiger partial charge in [-0.1, -0.05) is 6.08 Å². The van der Waals surface area contributed by atoms with Crippen LogP contribution in [0.3, 0.4) is 0 Å². The van der Waals surface area contributed by atoms with Gasteiger partial charge in [-0.15, -0.1) is 0 Å². The molecule has 4 aliphatic carbocycles. The van der Waals surface area contributed by atoms with Gasteiger partial charge in [-0.25, -0.2) is 4.79 Å². The summed E-state index contributed by atoms with van der Waals surface area (Å²) in [5.74, 6) is 2.82. The Balaban J connectivity index is 1.66. The van der Waals surface area contributed by atoms with Crippen molar-refractivity contribution in [2.24, 2.45) is 23.2 Å². The van der Waals surface area contributed by atoms with E-state index in [9.17, 15) is 4.79 Å². The molecule has 1 atom stereocenters. The van der Waals surface area contributed by atoms with Gasteiger partial charge in [0, 0.05) is 12.2 Å². The first-order valence-corrected chi connectivity index (χ1v) is 7.79. The summed E-state index contributed by atoms with van der Waals surface area (Å²) in [6.45, 7) is 4.12. The third-order valence-electron chi connectivity index (χ3n) is 5.73. The predicted molar refractivity (Wildman–Crippen MR) is 76.5 cm³/mol. The Morgan fingerprint density at radius 3 is 2.16 bits per heavy atom. The summed E-state index contributed by atoms with van der Waals surface area (Å²) >= 11 is 0. The van der Waals surface area contributed by atoms with Crippen LogP contribution in [0.15, 0.2) is 12.3 Å². The topological polar surface area (TPSA) is 41.1 Å². The number of carbonyl (C=O) groups excluding carboxylic acids is 1. The molecule has 0 aromatic heterocycles. The molecule has 0 saturated heterocycles. The molecule has 2 amide bonds. The van der Waals surface area contributed by atoms with Crippen molar-refractivity contribution in [2.75, 3.05) is 0 Å². The van der Waals surface area contributed by atoms with Crippen molar-refractivity contribution >= 4 is 6.03 Å². The van der Waals surface area contributed by atoms with Crippen molar-refractivity contribution < 1.29 is 4.79 Å². The minimum Gasteiger partial charge on any atom is -0.335 e. The highest BCUT2D eigenvalue weighted by molar-refractivity contribution is 5.75. The van der Waals surface area contributed by atoms with Crippen LogP contribution in [-0.2, 0) is 0 Å². The number of carbonyl (C=O) groups is 1. The van der Waals surface area contributed by atoms with Gasteiger partial charge in [0.15, 0.2) is 0 Å². The van der Waals surface area contributed by atoms with Crippen LogP contribution in [0.1, 0.15) is 52.4 Å². The van der Waals surface area contributed by atoms with Crippen LogP contribution in [-0.4, -0.2) is 12.1 Å². The van der Waals surface area contributed by atoms with E-state index >= 15 is 0 Å². The largest absolute Gasteiger partial charge is 0.335 e. The predicted octanol–water partition coefficient (Wildman–Crippen LogP) is 3.42. The van der Waals surface area contributed by atoms with Gasteiger partial charge in [0.25, 0.3) is 0 Å². The van der Waals surface area contributed by atoms with Crippen LogP contribution in [0.2, 0.25) is 0 Å². The van der Waals surface area contributed by atoms with E-state index in [4.69, 9.17) is 0 Å². The maximum absolute atomic E-state index is 11.8. The lowest BCUT2D eigenvalue weighted by atomic mass is 9.48. The van der Waals surface area contributed by atoms with E-state index < -0.39 is 0 Å². The van der Waals surface area contributed by atoms with Crippen molar-refractivity contribution in [3.8, 4) is 0 Å². The van der Waals surface area contributed by atoms with Gasteiger partial charge in [-0.3, -0.25) is 0 Å². The van der Waals surface area contributed by atoms with E-state index in [1.807, 2.05) is 13.0 Å². The lowest BCUT2D eigenvalue weighted by Crippen LogP contribution is -2.56. The highest BCUT2D eigenvalue weighted by Crippen LogP contribution is 2.61. The molecule has 106 valence electrons. The Morgan fingerprint density at radius 1 is 1.16 bits per heavy atom. The number of amides is 2. The molecule has 0 heterocycles. The second-order valence-electron chi connectivity index (χ2n) is 7.12. The Kier molecular flexibility index (Phi) is 3.32. The molecule has 4 rings (SSSR count). The van der Waals surface area contributed by atoms with Gasteiger partial charge in [-0.05, 0) is 75.5 Å². The van der Waals surface area contributed by atoms with Gasteiger partial charge in [0.2, 0.25) is 0 Å². The van der Waals surface area contributed by atoms with E-state index in [0.717, 1.165) is 17.8 Å². The summed E-state index contributed by atoms with van der Waals surface area (Å²) in [5, 5.41) is 5.94. The first kappa shape index (κ1) is 13.0. The highest BCUT2D eigenvalue weighted by Gasteiger charge is 2.53. The van der Waals surface area contributed by atoms with E-state index in [0.29, 0.717) is 11.5 Å². The van der Waals surface area contributed by atoms with E-state index in [2.05, 4.69) is 17.6 Å². The maximum Gasteiger partial charge on any atom is 0.318 e. The summed E-state index contributed by atoms with van der Waals surface area (Å²) in [4.78, 5) is 11.8. The molecule has 0 spiro atoms. The Bertz CT molecular complexity index is 353. The van der Waals surface area contributed by atoms with E-state index in [-0.39, 0.29) is 6.03 Å². The zero-order valence-corrected chi connectivity index (χ0v) is 12.1. The first-order valence-electron chi connectivity index (χ1n) is 7.79. The first-order chi connectivity index (χ1) is 9.11. The molecule has 4 saturated carbocycles. The van der Waals surface area contributed by atoms with Crippen LogP contribution in [0.25, 0.3) is 0 Å². The average Bonchev–Trinajstić information content (AvgIpc) is 2.34. The number of allylic oxidation sites excluding steroid dienone is 1. The fourth-order valence-electron chi connectivity index (χ4n) is 5.26. The number of rotatable bonds is 3. The van der Waals surface area contributed by atoms with Gasteiger partial charge in [-0.2, -0.15) is 0 Å². The Hall–Kier alpha value is -0.990. The lowest BCUT2D eigenvalue weighted by Gasteiger charge is -2.59. The van der Waals surface area contributed by atoms with Crippen LogP contribution >= 0.6 is 0 Å².